The summed E-state index contributed by atoms with van der Waals surface area (Å²) in [4.78, 5) is 61.5. The van der Waals surface area contributed by atoms with E-state index >= 15 is 0 Å². The van der Waals surface area contributed by atoms with E-state index in [1.54, 1.807) is 43.4 Å². The van der Waals surface area contributed by atoms with Gasteiger partial charge in [0.05, 0.1) is 45.5 Å². The van der Waals surface area contributed by atoms with E-state index in [1.165, 1.54) is 33.3 Å². The second-order valence-electron chi connectivity index (χ2n) is 9.47. The van der Waals surface area contributed by atoms with Gasteiger partial charge in [0, 0.05) is 22.8 Å². The molecule has 11 nitrogen and oxygen atoms in total. The van der Waals surface area contributed by atoms with Crippen LogP contribution in [0.4, 0.5) is 5.69 Å². The number of esters is 3. The molecular weight excluding hydrogens is 586 g/mol. The fourth-order valence-corrected chi connectivity index (χ4v) is 6.26. The molecule has 3 aliphatic rings. The second-order valence-corrected chi connectivity index (χ2v) is 10.4. The van der Waals surface area contributed by atoms with Gasteiger partial charge in [-0.25, -0.2) is 19.4 Å². The normalized spacial score (nSPS) is 22.6. The number of rotatable bonds is 5. The van der Waals surface area contributed by atoms with Crippen molar-refractivity contribution in [3.05, 3.63) is 69.3 Å². The van der Waals surface area contributed by atoms with Crippen LogP contribution in [0.15, 0.2) is 63.2 Å². The maximum Gasteiger partial charge on any atom is 0.357 e. The van der Waals surface area contributed by atoms with Crippen LogP contribution >= 0.6 is 15.9 Å². The first-order valence-corrected chi connectivity index (χ1v) is 13.0. The predicted molar refractivity (Wildman–Crippen MR) is 146 cm³/mol. The Hall–Kier alpha value is -4.19. The topological polar surface area (TPSA) is 124 Å². The van der Waals surface area contributed by atoms with Gasteiger partial charge in [-0.1, -0.05) is 15.9 Å². The molecule has 208 valence electrons. The van der Waals surface area contributed by atoms with Crippen LogP contribution in [0.1, 0.15) is 22.3 Å². The van der Waals surface area contributed by atoms with Gasteiger partial charge in [-0.3, -0.25) is 9.69 Å². The highest BCUT2D eigenvalue weighted by Gasteiger charge is 2.67. The number of nitrogens with zero attached hydrogens (tertiary/aromatic N) is 3. The quantitative estimate of drug-likeness (QED) is 0.370. The molecule has 40 heavy (non-hydrogen) atoms. The predicted octanol–water partition coefficient (Wildman–Crippen LogP) is 2.61. The van der Waals surface area contributed by atoms with Gasteiger partial charge in [0.2, 0.25) is 0 Å². The Morgan fingerprint density at radius 2 is 1.62 bits per heavy atom. The number of amides is 1. The van der Waals surface area contributed by atoms with Gasteiger partial charge in [0.1, 0.15) is 17.6 Å². The lowest BCUT2D eigenvalue weighted by Crippen LogP contribution is -2.55. The molecule has 0 saturated carbocycles. The van der Waals surface area contributed by atoms with E-state index in [0.717, 1.165) is 4.47 Å². The summed E-state index contributed by atoms with van der Waals surface area (Å²) in [5.41, 5.74) is 0.0702. The van der Waals surface area contributed by atoms with Crippen LogP contribution in [0.2, 0.25) is 0 Å². The standard InChI is InChI=1S/C28H26BrN3O8/c1-31-18-11-10-16(37-2)12-17(18)28-13-19(24(34)38-3)32(23(33)14-6-8-15(29)9-7-14)27(28)30-21(26(36)40-5)20(22(28)31)25(35)39-4/h6-12,19,22H,13H2,1-5H3/t19?,22?,28-/m0/s1. The summed E-state index contributed by atoms with van der Waals surface area (Å²) < 4.78 is 21.5. The highest BCUT2D eigenvalue weighted by Crippen LogP contribution is 2.58. The largest absolute Gasteiger partial charge is 0.497 e. The lowest BCUT2D eigenvalue weighted by Gasteiger charge is -2.39. The molecule has 1 fully saturated rings. The molecule has 1 saturated heterocycles. The molecule has 2 unspecified atom stereocenters. The van der Waals surface area contributed by atoms with Crippen molar-refractivity contribution < 1.29 is 38.1 Å². The molecule has 12 heteroatoms. The van der Waals surface area contributed by atoms with Gasteiger partial charge < -0.3 is 23.8 Å². The van der Waals surface area contributed by atoms with Crippen LogP contribution in [0.5, 0.6) is 5.75 Å². The van der Waals surface area contributed by atoms with Crippen molar-refractivity contribution in [3.63, 3.8) is 0 Å². The Balaban J connectivity index is 1.86. The van der Waals surface area contributed by atoms with E-state index in [-0.39, 0.29) is 29.1 Å². The molecule has 0 bridgehead atoms. The molecule has 2 aromatic rings. The van der Waals surface area contributed by atoms with Crippen molar-refractivity contribution in [1.29, 1.82) is 0 Å². The molecule has 3 heterocycles. The fraction of sp³-hybridized carbons (Fsp3) is 0.321. The number of likely N-dealkylation sites (N-methyl/N-ethyl adjacent to an activating group) is 1. The minimum atomic E-state index is -1.23. The summed E-state index contributed by atoms with van der Waals surface area (Å²) in [5, 5.41) is 0. The van der Waals surface area contributed by atoms with Crippen molar-refractivity contribution >= 4 is 51.3 Å². The highest BCUT2D eigenvalue weighted by molar-refractivity contribution is 9.10. The van der Waals surface area contributed by atoms with E-state index in [9.17, 15) is 19.2 Å². The second kappa shape index (κ2) is 10.1. The lowest BCUT2D eigenvalue weighted by atomic mass is 9.69. The number of hydrogen-bond acceptors (Lipinski definition) is 10. The van der Waals surface area contributed by atoms with E-state index in [4.69, 9.17) is 18.9 Å². The third-order valence-corrected chi connectivity index (χ3v) is 8.21. The average Bonchev–Trinajstić information content (AvgIpc) is 3.45. The number of amidine groups is 1. The number of hydrogen-bond donors (Lipinski definition) is 0. The van der Waals surface area contributed by atoms with Crippen LogP contribution in [0.25, 0.3) is 0 Å². The number of halogens is 1. The number of aliphatic imine (C=N–C) groups is 1. The lowest BCUT2D eigenvalue weighted by molar-refractivity contribution is -0.144. The van der Waals surface area contributed by atoms with E-state index in [2.05, 4.69) is 20.9 Å². The van der Waals surface area contributed by atoms with Crippen molar-refractivity contribution in [2.24, 2.45) is 4.99 Å². The Labute approximate surface area is 238 Å². The maximum absolute atomic E-state index is 14.1. The average molecular weight is 612 g/mol. The summed E-state index contributed by atoms with van der Waals surface area (Å²) in [7, 11) is 6.89. The molecule has 3 atom stereocenters. The van der Waals surface area contributed by atoms with Crippen LogP contribution < -0.4 is 9.64 Å². The SMILES string of the molecule is COC(=O)C1=C(C(=O)OC)C2N(C)c3ccc(OC)cc3[C@@]23CC(C(=O)OC)N(C(=O)c2ccc(Br)cc2)C3=N1. The molecule has 0 aromatic heterocycles. The first kappa shape index (κ1) is 27.4. The number of likely N-dealkylation sites (tertiary alicyclic amines) is 1. The zero-order chi connectivity index (χ0) is 28.9. The van der Waals surface area contributed by atoms with Crippen molar-refractivity contribution in [2.45, 2.75) is 23.9 Å². The Kier molecular flexibility index (Phi) is 6.90. The zero-order valence-electron chi connectivity index (χ0n) is 22.4. The summed E-state index contributed by atoms with van der Waals surface area (Å²) in [6.07, 6.45) is 0.0187. The minimum absolute atomic E-state index is 0.0187. The third kappa shape index (κ3) is 3.80. The summed E-state index contributed by atoms with van der Waals surface area (Å²) in [6.45, 7) is 0. The number of ether oxygens (including phenoxy) is 4. The molecule has 0 N–H and O–H groups in total. The molecule has 3 aliphatic heterocycles. The Bertz CT molecular complexity index is 1500. The van der Waals surface area contributed by atoms with Crippen molar-refractivity contribution in [3.8, 4) is 5.75 Å². The molecule has 2 aromatic carbocycles. The van der Waals surface area contributed by atoms with Crippen LogP contribution in [-0.4, -0.2) is 82.1 Å². The number of carbonyl (C=O) groups excluding carboxylic acids is 4. The number of anilines is 1. The van der Waals surface area contributed by atoms with Gasteiger partial charge in [-0.15, -0.1) is 0 Å². The third-order valence-electron chi connectivity index (χ3n) is 7.69. The number of fused-ring (bicyclic) bond motifs is 1. The van der Waals surface area contributed by atoms with E-state index in [0.29, 0.717) is 17.0 Å². The molecule has 0 radical (unpaired) electrons. The number of carbonyl (C=O) groups is 4. The van der Waals surface area contributed by atoms with Crippen molar-refractivity contribution in [2.75, 3.05) is 40.4 Å². The molecule has 1 spiro atoms. The monoisotopic (exact) mass is 611 g/mol. The van der Waals surface area contributed by atoms with Crippen LogP contribution in [0.3, 0.4) is 0 Å². The smallest absolute Gasteiger partial charge is 0.357 e. The first-order valence-electron chi connectivity index (χ1n) is 12.2. The number of methoxy groups -OCH3 is 4. The molecule has 1 amide bonds. The minimum Gasteiger partial charge on any atom is -0.497 e. The van der Waals surface area contributed by atoms with Gasteiger partial charge in [0.15, 0.2) is 5.70 Å². The van der Waals surface area contributed by atoms with Gasteiger partial charge in [-0.05, 0) is 54.4 Å². The summed E-state index contributed by atoms with van der Waals surface area (Å²) in [6, 6.07) is 10.0. The first-order chi connectivity index (χ1) is 19.1. The van der Waals surface area contributed by atoms with Crippen molar-refractivity contribution in [1.82, 2.24) is 4.90 Å². The van der Waals surface area contributed by atoms with Gasteiger partial charge >= 0.3 is 17.9 Å². The Morgan fingerprint density at radius 1 is 0.950 bits per heavy atom. The Morgan fingerprint density at radius 3 is 2.23 bits per heavy atom. The maximum atomic E-state index is 14.1. The molecule has 0 aliphatic carbocycles. The van der Waals surface area contributed by atoms with E-state index < -0.39 is 41.3 Å². The summed E-state index contributed by atoms with van der Waals surface area (Å²) >= 11 is 3.37. The van der Waals surface area contributed by atoms with Crippen LogP contribution in [0, 0.1) is 0 Å². The molecule has 5 rings (SSSR count). The van der Waals surface area contributed by atoms with Gasteiger partial charge in [0.25, 0.3) is 5.91 Å². The van der Waals surface area contributed by atoms with E-state index in [1.807, 2.05) is 11.0 Å². The molecular formula is C28H26BrN3O8. The summed E-state index contributed by atoms with van der Waals surface area (Å²) in [5.74, 6) is -2.23. The zero-order valence-corrected chi connectivity index (χ0v) is 24.0. The van der Waals surface area contributed by atoms with Crippen LogP contribution in [-0.2, 0) is 34.0 Å². The number of benzene rings is 2. The fourth-order valence-electron chi connectivity index (χ4n) is 5.99. The van der Waals surface area contributed by atoms with Gasteiger partial charge in [-0.2, -0.15) is 0 Å². The highest BCUT2D eigenvalue weighted by atomic mass is 79.9.